The molecule has 0 radical (unpaired) electrons. The van der Waals surface area contributed by atoms with E-state index in [1.54, 1.807) is 0 Å². The van der Waals surface area contributed by atoms with Crippen LogP contribution in [0.4, 0.5) is 8.78 Å². The van der Waals surface area contributed by atoms with Crippen LogP contribution in [0.15, 0.2) is 6.20 Å². The van der Waals surface area contributed by atoms with Gasteiger partial charge in [-0.05, 0) is 0 Å². The van der Waals surface area contributed by atoms with Gasteiger partial charge in [-0.15, -0.1) is 0 Å². The molecule has 0 saturated carbocycles. The van der Waals surface area contributed by atoms with Gasteiger partial charge >= 0.3 is 0 Å². The molecule has 0 aliphatic rings. The number of nitrogens with zero attached hydrogens (tertiary/aromatic N) is 1. The first-order valence-corrected chi connectivity index (χ1v) is 3.36. The van der Waals surface area contributed by atoms with Crippen LogP contribution < -0.4 is 0 Å². The standard InChI is InChI=1S/C7H7F2NO3/c8-7(9)5-6(13)3(2-11)4(12)1-10-5/h1,7,11-13H,2H2. The summed E-state index contributed by atoms with van der Waals surface area (Å²) in [7, 11) is 0. The van der Waals surface area contributed by atoms with E-state index in [1.165, 1.54) is 0 Å². The van der Waals surface area contributed by atoms with Crippen LogP contribution in [0.1, 0.15) is 17.7 Å². The molecule has 1 heterocycles. The first-order chi connectivity index (χ1) is 6.07. The van der Waals surface area contributed by atoms with Crippen molar-refractivity contribution < 1.29 is 24.1 Å². The fraction of sp³-hybridized carbons (Fsp3) is 0.286. The quantitative estimate of drug-likeness (QED) is 0.649. The molecule has 1 aromatic heterocycles. The van der Waals surface area contributed by atoms with E-state index < -0.39 is 30.2 Å². The molecule has 1 rings (SSSR count). The summed E-state index contributed by atoms with van der Waals surface area (Å²) in [4.78, 5) is 3.12. The largest absolute Gasteiger partial charge is 0.506 e. The molecule has 0 fully saturated rings. The number of aliphatic hydroxyl groups is 1. The molecule has 0 amide bonds. The van der Waals surface area contributed by atoms with E-state index in [1.807, 2.05) is 0 Å². The summed E-state index contributed by atoms with van der Waals surface area (Å²) in [6.07, 6.45) is -2.18. The molecule has 1 aromatic rings. The smallest absolute Gasteiger partial charge is 0.284 e. The first-order valence-electron chi connectivity index (χ1n) is 3.36. The molecule has 4 nitrogen and oxygen atoms in total. The molecular formula is C7H7F2NO3. The van der Waals surface area contributed by atoms with Gasteiger partial charge in [-0.2, -0.15) is 0 Å². The highest BCUT2D eigenvalue weighted by Crippen LogP contribution is 2.33. The average molecular weight is 191 g/mol. The van der Waals surface area contributed by atoms with Gasteiger partial charge in [-0.25, -0.2) is 13.8 Å². The summed E-state index contributed by atoms with van der Waals surface area (Å²) in [5.74, 6) is -1.37. The number of alkyl halides is 2. The summed E-state index contributed by atoms with van der Waals surface area (Å²) in [6.45, 7) is -0.722. The summed E-state index contributed by atoms with van der Waals surface area (Å²) in [5, 5.41) is 26.7. The van der Waals surface area contributed by atoms with Crippen LogP contribution in [0, 0.1) is 0 Å². The maximum Gasteiger partial charge on any atom is 0.284 e. The van der Waals surface area contributed by atoms with Gasteiger partial charge < -0.3 is 15.3 Å². The molecule has 0 unspecified atom stereocenters. The van der Waals surface area contributed by atoms with Crippen LogP contribution in [-0.4, -0.2) is 20.3 Å². The number of aromatic hydroxyl groups is 2. The van der Waals surface area contributed by atoms with Crippen molar-refractivity contribution in [1.29, 1.82) is 0 Å². The van der Waals surface area contributed by atoms with Crippen molar-refractivity contribution in [1.82, 2.24) is 4.98 Å². The van der Waals surface area contributed by atoms with Crippen LogP contribution >= 0.6 is 0 Å². The predicted octanol–water partition coefficient (Wildman–Crippen LogP) is 0.923. The number of aliphatic hydroxyl groups excluding tert-OH is 1. The summed E-state index contributed by atoms with van der Waals surface area (Å²) >= 11 is 0. The molecule has 72 valence electrons. The Labute approximate surface area is 72.1 Å². The predicted molar refractivity (Wildman–Crippen MR) is 38.4 cm³/mol. The number of aromatic nitrogens is 1. The third-order valence-electron chi connectivity index (χ3n) is 1.53. The lowest BCUT2D eigenvalue weighted by atomic mass is 10.2. The Morgan fingerprint density at radius 2 is 2.00 bits per heavy atom. The van der Waals surface area contributed by atoms with E-state index in [-0.39, 0.29) is 5.56 Å². The molecular weight excluding hydrogens is 184 g/mol. The Kier molecular flexibility index (Phi) is 2.62. The lowest BCUT2D eigenvalue weighted by Gasteiger charge is -2.07. The van der Waals surface area contributed by atoms with Crippen molar-refractivity contribution in [3.05, 3.63) is 17.5 Å². The number of hydrogen-bond acceptors (Lipinski definition) is 4. The highest BCUT2D eigenvalue weighted by molar-refractivity contribution is 5.44. The monoisotopic (exact) mass is 191 g/mol. The zero-order valence-corrected chi connectivity index (χ0v) is 6.41. The molecule has 0 bridgehead atoms. The first kappa shape index (κ1) is 9.66. The zero-order valence-electron chi connectivity index (χ0n) is 6.41. The summed E-state index contributed by atoms with van der Waals surface area (Å²) < 4.78 is 24.2. The fourth-order valence-corrected chi connectivity index (χ4v) is 0.861. The lowest BCUT2D eigenvalue weighted by molar-refractivity contribution is 0.140. The molecule has 0 aromatic carbocycles. The van der Waals surface area contributed by atoms with Crippen molar-refractivity contribution >= 4 is 0 Å². The van der Waals surface area contributed by atoms with Crippen LogP contribution in [0.5, 0.6) is 11.5 Å². The second kappa shape index (κ2) is 3.53. The van der Waals surface area contributed by atoms with Gasteiger partial charge in [0.2, 0.25) is 0 Å². The summed E-state index contributed by atoms with van der Waals surface area (Å²) in [5.41, 5.74) is -1.19. The van der Waals surface area contributed by atoms with Crippen molar-refractivity contribution in [3.8, 4) is 11.5 Å². The topological polar surface area (TPSA) is 73.6 Å². The Morgan fingerprint density at radius 1 is 1.38 bits per heavy atom. The fourth-order valence-electron chi connectivity index (χ4n) is 0.861. The van der Waals surface area contributed by atoms with E-state index in [0.717, 1.165) is 6.20 Å². The molecule has 0 atom stereocenters. The normalized spacial score (nSPS) is 10.8. The van der Waals surface area contributed by atoms with Gasteiger partial charge in [0.15, 0.2) is 5.75 Å². The third kappa shape index (κ3) is 1.67. The van der Waals surface area contributed by atoms with E-state index >= 15 is 0 Å². The van der Waals surface area contributed by atoms with E-state index in [0.29, 0.717) is 0 Å². The molecule has 3 N–H and O–H groups in total. The highest BCUT2D eigenvalue weighted by atomic mass is 19.3. The van der Waals surface area contributed by atoms with Crippen LogP contribution in [-0.2, 0) is 6.61 Å². The van der Waals surface area contributed by atoms with Gasteiger partial charge in [-0.1, -0.05) is 0 Å². The Hall–Kier alpha value is -1.43. The minimum atomic E-state index is -2.94. The van der Waals surface area contributed by atoms with Crippen LogP contribution in [0.2, 0.25) is 0 Å². The Morgan fingerprint density at radius 3 is 2.46 bits per heavy atom. The van der Waals surface area contributed by atoms with Gasteiger partial charge in [0.25, 0.3) is 6.43 Å². The Balaban J connectivity index is 3.27. The molecule has 0 spiro atoms. The van der Waals surface area contributed by atoms with Crippen molar-refractivity contribution in [2.24, 2.45) is 0 Å². The molecule has 0 aliphatic carbocycles. The summed E-state index contributed by atoms with van der Waals surface area (Å²) in [6, 6.07) is 0. The minimum absolute atomic E-state index is 0.342. The SMILES string of the molecule is OCc1c(O)cnc(C(F)F)c1O. The highest BCUT2D eigenvalue weighted by Gasteiger charge is 2.19. The Bertz CT molecular complexity index is 317. The third-order valence-corrected chi connectivity index (χ3v) is 1.53. The maximum atomic E-state index is 12.1. The van der Waals surface area contributed by atoms with Crippen molar-refractivity contribution in [2.45, 2.75) is 13.0 Å². The van der Waals surface area contributed by atoms with Gasteiger partial charge in [0.05, 0.1) is 18.4 Å². The van der Waals surface area contributed by atoms with E-state index in [2.05, 4.69) is 4.98 Å². The van der Waals surface area contributed by atoms with Gasteiger partial charge in [-0.3, -0.25) is 0 Å². The molecule has 6 heteroatoms. The molecule has 13 heavy (non-hydrogen) atoms. The van der Waals surface area contributed by atoms with Crippen molar-refractivity contribution in [2.75, 3.05) is 0 Å². The number of pyridine rings is 1. The number of halogens is 2. The van der Waals surface area contributed by atoms with E-state index in [4.69, 9.17) is 15.3 Å². The number of rotatable bonds is 2. The molecule has 0 aliphatic heterocycles. The average Bonchev–Trinajstić information content (AvgIpc) is 2.04. The van der Waals surface area contributed by atoms with Gasteiger partial charge in [0, 0.05) is 0 Å². The number of hydrogen-bond donors (Lipinski definition) is 3. The lowest BCUT2D eigenvalue weighted by Crippen LogP contribution is -1.95. The van der Waals surface area contributed by atoms with Crippen LogP contribution in [0.3, 0.4) is 0 Å². The van der Waals surface area contributed by atoms with Crippen molar-refractivity contribution in [3.63, 3.8) is 0 Å². The second-order valence-electron chi connectivity index (χ2n) is 2.31. The second-order valence-corrected chi connectivity index (χ2v) is 2.31. The maximum absolute atomic E-state index is 12.1. The van der Waals surface area contributed by atoms with Gasteiger partial charge in [0.1, 0.15) is 11.4 Å². The van der Waals surface area contributed by atoms with E-state index in [9.17, 15) is 8.78 Å². The minimum Gasteiger partial charge on any atom is -0.506 e. The van der Waals surface area contributed by atoms with Crippen LogP contribution in [0.25, 0.3) is 0 Å². The molecule has 0 saturated heterocycles. The zero-order chi connectivity index (χ0) is 10.0.